The Hall–Kier alpha value is -3.04. The first kappa shape index (κ1) is 34.1. The van der Waals surface area contributed by atoms with Crippen molar-refractivity contribution in [1.29, 1.82) is 0 Å². The molecule has 2 aromatic carbocycles. The lowest BCUT2D eigenvalue weighted by molar-refractivity contribution is -0.662. The van der Waals surface area contributed by atoms with Crippen molar-refractivity contribution in [2.45, 2.75) is 74.2 Å². The number of rotatable bonds is 11. The number of benzene rings is 2. The van der Waals surface area contributed by atoms with Crippen LogP contribution < -0.4 is 18.9 Å². The highest BCUT2D eigenvalue weighted by atomic mass is 32.2. The number of pyridine rings is 2. The summed E-state index contributed by atoms with van der Waals surface area (Å²) >= 11 is 7.70. The highest BCUT2D eigenvalue weighted by molar-refractivity contribution is 8.03. The molecule has 0 unspecified atom stereocenters. The van der Waals surface area contributed by atoms with Gasteiger partial charge in [0.1, 0.15) is 9.40 Å². The van der Waals surface area contributed by atoms with Gasteiger partial charge < -0.3 is 9.80 Å². The van der Waals surface area contributed by atoms with E-state index in [1.54, 1.807) is 0 Å². The smallest absolute Gasteiger partial charge is 0.225 e. The molecule has 0 saturated carbocycles. The number of hydrogen-bond donors (Lipinski definition) is 0. The lowest BCUT2D eigenvalue weighted by Crippen LogP contribution is -2.35. The normalized spacial score (nSPS) is 15.8. The maximum Gasteiger partial charge on any atom is 0.225 e. The molecule has 258 valence electrons. The van der Waals surface area contributed by atoms with E-state index >= 15 is 0 Å². The number of thioether (sulfide) groups is 2. The van der Waals surface area contributed by atoms with Crippen LogP contribution in [-0.4, -0.2) is 37.7 Å². The van der Waals surface area contributed by atoms with E-state index in [9.17, 15) is 0 Å². The van der Waals surface area contributed by atoms with Gasteiger partial charge >= 0.3 is 0 Å². The summed E-state index contributed by atoms with van der Waals surface area (Å²) in [6.07, 6.45) is 15.3. The Bertz CT molecular complexity index is 1840. The summed E-state index contributed by atoms with van der Waals surface area (Å²) in [4.78, 5) is 7.94. The molecular formula is C42H48N4S4+2. The van der Waals surface area contributed by atoms with Gasteiger partial charge in [-0.15, -0.1) is 46.2 Å². The van der Waals surface area contributed by atoms with E-state index in [1.165, 1.54) is 130 Å². The van der Waals surface area contributed by atoms with Crippen molar-refractivity contribution in [2.75, 3.05) is 47.5 Å². The molecule has 4 nitrogen and oxygen atoms in total. The van der Waals surface area contributed by atoms with Gasteiger partial charge in [-0.1, -0.05) is 49.9 Å². The third kappa shape index (κ3) is 8.04. The Morgan fingerprint density at radius 3 is 1.28 bits per heavy atom. The van der Waals surface area contributed by atoms with Crippen molar-refractivity contribution in [2.24, 2.45) is 0 Å². The number of thiophene rings is 2. The third-order valence-corrected chi connectivity index (χ3v) is 14.4. The number of fused-ring (bicyclic) bond motifs is 2. The maximum absolute atomic E-state index is 2.62. The Labute approximate surface area is 314 Å². The fourth-order valence-corrected chi connectivity index (χ4v) is 11.3. The van der Waals surface area contributed by atoms with Crippen molar-refractivity contribution in [3.63, 3.8) is 0 Å². The average Bonchev–Trinajstić information content (AvgIpc) is 3.68. The van der Waals surface area contributed by atoms with Crippen LogP contribution in [0.3, 0.4) is 0 Å². The zero-order chi connectivity index (χ0) is 33.5. The quantitative estimate of drug-likeness (QED) is 0.0747. The molecule has 0 amide bonds. The van der Waals surface area contributed by atoms with Crippen LogP contribution in [0.5, 0.6) is 0 Å². The molecule has 0 radical (unpaired) electrons. The van der Waals surface area contributed by atoms with E-state index in [-0.39, 0.29) is 0 Å². The first-order valence-corrected chi connectivity index (χ1v) is 22.2. The van der Waals surface area contributed by atoms with Crippen LogP contribution in [0, 0.1) is 0 Å². The molecule has 0 bridgehead atoms. The summed E-state index contributed by atoms with van der Waals surface area (Å²) in [6, 6.07) is 27.8. The summed E-state index contributed by atoms with van der Waals surface area (Å²) in [5.41, 5.74) is 8.28. The zero-order valence-corrected chi connectivity index (χ0v) is 32.2. The SMILES string of the molecule is c1cc2c(s1)c(N1CCCCCC1)cc[n+]2Cc1ccc(SCCSc2ccc(C[n+]3ccc(N4CCCCCC4)c4sccc43)cc2)cc1. The molecule has 6 aromatic rings. The van der Waals surface area contributed by atoms with Crippen LogP contribution in [0.25, 0.3) is 20.4 Å². The summed E-state index contributed by atoms with van der Waals surface area (Å²) < 4.78 is 7.71. The molecule has 50 heavy (non-hydrogen) atoms. The van der Waals surface area contributed by atoms with E-state index in [4.69, 9.17) is 0 Å². The Kier molecular flexibility index (Phi) is 11.3. The first-order chi connectivity index (χ1) is 24.8. The van der Waals surface area contributed by atoms with Crippen molar-refractivity contribution in [1.82, 2.24) is 0 Å². The van der Waals surface area contributed by atoms with Crippen molar-refractivity contribution in [3.05, 3.63) is 107 Å². The van der Waals surface area contributed by atoms with Crippen LogP contribution in [0.4, 0.5) is 11.4 Å². The fraction of sp³-hybridized carbons (Fsp3) is 0.381. The van der Waals surface area contributed by atoms with Crippen LogP contribution in [-0.2, 0) is 13.1 Å². The molecule has 2 aliphatic heterocycles. The molecular weight excluding hydrogens is 689 g/mol. The molecule has 2 fully saturated rings. The van der Waals surface area contributed by atoms with E-state index in [2.05, 4.69) is 115 Å². The minimum absolute atomic E-state index is 0.908. The second-order valence-electron chi connectivity index (χ2n) is 13.7. The molecule has 0 spiro atoms. The van der Waals surface area contributed by atoms with Gasteiger partial charge in [0.05, 0.1) is 11.4 Å². The van der Waals surface area contributed by atoms with Gasteiger partial charge in [-0.2, -0.15) is 9.13 Å². The minimum Gasteiger partial charge on any atom is -0.370 e. The summed E-state index contributed by atoms with van der Waals surface area (Å²) in [5, 5.41) is 4.51. The molecule has 8 heteroatoms. The van der Waals surface area contributed by atoms with Crippen LogP contribution >= 0.6 is 46.2 Å². The molecule has 6 heterocycles. The van der Waals surface area contributed by atoms with Gasteiger partial charge in [0.2, 0.25) is 11.0 Å². The second-order valence-corrected chi connectivity index (χ2v) is 17.9. The van der Waals surface area contributed by atoms with Gasteiger partial charge in [0.25, 0.3) is 0 Å². The highest BCUT2D eigenvalue weighted by Gasteiger charge is 2.21. The monoisotopic (exact) mass is 736 g/mol. The first-order valence-electron chi connectivity index (χ1n) is 18.5. The van der Waals surface area contributed by atoms with E-state index in [1.807, 2.05) is 46.2 Å². The van der Waals surface area contributed by atoms with Crippen molar-refractivity contribution >= 4 is 78.0 Å². The second kappa shape index (κ2) is 16.5. The zero-order valence-electron chi connectivity index (χ0n) is 29.0. The van der Waals surface area contributed by atoms with Gasteiger partial charge in [0.15, 0.2) is 25.5 Å². The lowest BCUT2D eigenvalue weighted by Gasteiger charge is -2.22. The number of nitrogens with zero attached hydrogens (tertiary/aromatic N) is 4. The molecule has 8 rings (SSSR count). The van der Waals surface area contributed by atoms with Gasteiger partial charge in [0, 0.05) is 82.9 Å². The molecule has 2 aliphatic rings. The van der Waals surface area contributed by atoms with Gasteiger partial charge in [-0.05, 0) is 60.7 Å². The summed E-state index contributed by atoms with van der Waals surface area (Å²) in [6.45, 7) is 6.57. The van der Waals surface area contributed by atoms with E-state index < -0.39 is 0 Å². The molecule has 0 aliphatic carbocycles. The Balaban J connectivity index is 0.821. The topological polar surface area (TPSA) is 14.2 Å². The molecule has 0 N–H and O–H groups in total. The Morgan fingerprint density at radius 2 is 0.880 bits per heavy atom. The van der Waals surface area contributed by atoms with Gasteiger partial charge in [-0.3, -0.25) is 0 Å². The van der Waals surface area contributed by atoms with E-state index in [0.29, 0.717) is 0 Å². The summed E-state index contributed by atoms with van der Waals surface area (Å²) in [7, 11) is 0. The molecule has 2 saturated heterocycles. The lowest BCUT2D eigenvalue weighted by atomic mass is 10.2. The minimum atomic E-state index is 0.908. The molecule has 4 aromatic heterocycles. The number of aromatic nitrogens is 2. The predicted molar refractivity (Wildman–Crippen MR) is 218 cm³/mol. The van der Waals surface area contributed by atoms with Crippen molar-refractivity contribution < 1.29 is 9.13 Å². The van der Waals surface area contributed by atoms with Crippen LogP contribution in [0.2, 0.25) is 0 Å². The fourth-order valence-electron chi connectivity index (χ4n) is 7.57. The third-order valence-electron chi connectivity index (χ3n) is 10.3. The van der Waals surface area contributed by atoms with Crippen LogP contribution in [0.1, 0.15) is 62.5 Å². The standard InChI is InChI=1S/C42H48N4S4/c1-2-6-22-43(21-5-1)37-17-25-45(39-19-27-49-41(37)39)31-33-9-13-35(14-10-33)47-29-30-48-36-15-11-34(12-16-36)32-46-26-18-38(42-40(46)20-28-50-42)44-23-7-3-4-8-24-44/h9-20,25-28H,1-8,21-24,29-32H2/q+2. The number of hydrogen-bond acceptors (Lipinski definition) is 6. The van der Waals surface area contributed by atoms with Crippen LogP contribution in [0.15, 0.2) is 106 Å². The summed E-state index contributed by atoms with van der Waals surface area (Å²) in [5.74, 6) is 2.20. The van der Waals surface area contributed by atoms with E-state index in [0.717, 1.165) is 24.6 Å². The van der Waals surface area contributed by atoms with Crippen molar-refractivity contribution in [3.8, 4) is 0 Å². The average molecular weight is 737 g/mol. The predicted octanol–water partition coefficient (Wildman–Crippen LogP) is 10.4. The maximum atomic E-state index is 2.62. The highest BCUT2D eigenvalue weighted by Crippen LogP contribution is 2.33. The molecule has 0 atom stereocenters. The number of anilines is 2. The van der Waals surface area contributed by atoms with Gasteiger partial charge in [-0.25, -0.2) is 0 Å². The Morgan fingerprint density at radius 1 is 0.480 bits per heavy atom. The largest absolute Gasteiger partial charge is 0.370 e.